The van der Waals surface area contributed by atoms with Gasteiger partial charge in [0.05, 0.1) is 36.3 Å². The molecular weight excluding hydrogens is 466 g/mol. The topological polar surface area (TPSA) is 82.5 Å². The molecule has 0 aliphatic rings. The lowest BCUT2D eigenvalue weighted by molar-refractivity contribution is 0.0599. The number of esters is 1. The van der Waals surface area contributed by atoms with Gasteiger partial charge in [-0.25, -0.2) is 4.79 Å². The molecule has 0 spiro atoms. The third-order valence-corrected chi connectivity index (χ3v) is 6.29. The highest BCUT2D eigenvalue weighted by atomic mass is 16.5. The van der Waals surface area contributed by atoms with Crippen LogP contribution in [0.3, 0.4) is 0 Å². The minimum Gasteiger partial charge on any atom is -0.489 e. The first-order chi connectivity index (χ1) is 17.9. The molecule has 0 saturated heterocycles. The zero-order valence-electron chi connectivity index (χ0n) is 21.6. The predicted molar refractivity (Wildman–Crippen MR) is 143 cm³/mol. The highest BCUT2D eigenvalue weighted by Crippen LogP contribution is 2.23. The number of rotatable bonds is 9. The van der Waals surface area contributed by atoms with E-state index in [9.17, 15) is 9.59 Å². The summed E-state index contributed by atoms with van der Waals surface area (Å²) in [5.41, 5.74) is 6.10. The molecule has 37 heavy (non-hydrogen) atoms. The quantitative estimate of drug-likeness (QED) is 0.299. The number of amides is 1. The second-order valence-electron chi connectivity index (χ2n) is 8.79. The van der Waals surface area contributed by atoms with E-state index in [4.69, 9.17) is 9.47 Å². The van der Waals surface area contributed by atoms with Crippen molar-refractivity contribution in [1.29, 1.82) is 0 Å². The third kappa shape index (κ3) is 6.06. The normalized spacial score (nSPS) is 10.7. The van der Waals surface area contributed by atoms with E-state index in [2.05, 4.69) is 29.5 Å². The summed E-state index contributed by atoms with van der Waals surface area (Å²) in [7, 11) is 1.36. The monoisotopic (exact) mass is 497 g/mol. The van der Waals surface area contributed by atoms with E-state index < -0.39 is 5.97 Å². The van der Waals surface area contributed by atoms with Crippen molar-refractivity contribution in [3.63, 3.8) is 0 Å². The molecule has 3 aromatic carbocycles. The molecule has 7 nitrogen and oxygen atoms in total. The summed E-state index contributed by atoms with van der Waals surface area (Å²) in [6.07, 6.45) is 0.982. The third-order valence-electron chi connectivity index (χ3n) is 6.29. The number of nitrogens with zero attached hydrogens (tertiary/aromatic N) is 2. The van der Waals surface area contributed by atoms with Gasteiger partial charge in [0.15, 0.2) is 0 Å². The average molecular weight is 498 g/mol. The number of aromatic nitrogens is 2. The highest BCUT2D eigenvalue weighted by molar-refractivity contribution is 6.05. The molecular formula is C30H31N3O4. The molecule has 0 radical (unpaired) electrons. The van der Waals surface area contributed by atoms with Crippen LogP contribution in [0.1, 0.15) is 55.7 Å². The Morgan fingerprint density at radius 3 is 2.43 bits per heavy atom. The number of carbonyl (C=O) groups is 2. The summed E-state index contributed by atoms with van der Waals surface area (Å²) < 4.78 is 12.6. The van der Waals surface area contributed by atoms with Crippen LogP contribution in [0.15, 0.2) is 72.8 Å². The first-order valence-corrected chi connectivity index (χ1v) is 12.2. The van der Waals surface area contributed by atoms with E-state index in [1.165, 1.54) is 12.7 Å². The fourth-order valence-corrected chi connectivity index (χ4v) is 4.14. The van der Waals surface area contributed by atoms with E-state index in [-0.39, 0.29) is 5.91 Å². The average Bonchev–Trinajstić information content (AvgIpc) is 3.19. The second-order valence-corrected chi connectivity index (χ2v) is 8.79. The van der Waals surface area contributed by atoms with Crippen LogP contribution in [0, 0.1) is 13.8 Å². The molecule has 7 heteroatoms. The fourth-order valence-electron chi connectivity index (χ4n) is 4.14. The zero-order valence-corrected chi connectivity index (χ0v) is 21.6. The molecule has 190 valence electrons. The van der Waals surface area contributed by atoms with Gasteiger partial charge in [0.2, 0.25) is 0 Å². The molecule has 0 bridgehead atoms. The van der Waals surface area contributed by atoms with Crippen molar-refractivity contribution >= 4 is 17.6 Å². The number of anilines is 1. The molecule has 0 aliphatic heterocycles. The van der Waals surface area contributed by atoms with Gasteiger partial charge in [-0.15, -0.1) is 0 Å². The van der Waals surface area contributed by atoms with Gasteiger partial charge in [0.1, 0.15) is 12.4 Å². The SMILES string of the molecule is CCc1ccc(OCc2cccc(C(=O)Nc3c(C)nn(Cc4ccccc4C(=O)OC)c3C)c2)cc1. The molecule has 0 saturated carbocycles. The van der Waals surface area contributed by atoms with Crippen LogP contribution in [0.25, 0.3) is 0 Å². The number of hydrogen-bond donors (Lipinski definition) is 1. The van der Waals surface area contributed by atoms with Gasteiger partial charge in [-0.05, 0) is 67.3 Å². The number of ether oxygens (including phenoxy) is 2. The Kier molecular flexibility index (Phi) is 8.03. The Bertz CT molecular complexity index is 1410. The summed E-state index contributed by atoms with van der Waals surface area (Å²) in [4.78, 5) is 25.3. The van der Waals surface area contributed by atoms with Crippen LogP contribution in [0.4, 0.5) is 5.69 Å². The van der Waals surface area contributed by atoms with Crippen LogP contribution < -0.4 is 10.1 Å². The van der Waals surface area contributed by atoms with Crippen molar-refractivity contribution < 1.29 is 19.1 Å². The Labute approximate surface area is 217 Å². The molecule has 1 N–H and O–H groups in total. The lowest BCUT2D eigenvalue weighted by Crippen LogP contribution is -2.14. The van der Waals surface area contributed by atoms with E-state index in [0.717, 1.165) is 29.0 Å². The Hall–Kier alpha value is -4.39. The smallest absolute Gasteiger partial charge is 0.338 e. The summed E-state index contributed by atoms with van der Waals surface area (Å²) in [6, 6.07) is 22.7. The van der Waals surface area contributed by atoms with Gasteiger partial charge in [-0.3, -0.25) is 9.48 Å². The van der Waals surface area contributed by atoms with Crippen LogP contribution in [-0.2, 0) is 24.3 Å². The number of methoxy groups -OCH3 is 1. The standard InChI is InChI=1S/C30H31N3O4/c1-5-22-13-15-26(16-14-22)37-19-23-9-8-11-24(17-23)29(34)31-28-20(2)32-33(21(28)3)18-25-10-6-7-12-27(25)30(35)36-4/h6-17H,5,18-19H2,1-4H3,(H,31,34). The number of aryl methyl sites for hydroxylation is 2. The Balaban J connectivity index is 1.46. The van der Waals surface area contributed by atoms with Crippen molar-refractivity contribution in [2.24, 2.45) is 0 Å². The maximum atomic E-state index is 13.1. The van der Waals surface area contributed by atoms with Crippen LogP contribution in [0.5, 0.6) is 5.75 Å². The predicted octanol–water partition coefficient (Wildman–Crippen LogP) is 5.73. The van der Waals surface area contributed by atoms with Crippen molar-refractivity contribution in [2.75, 3.05) is 12.4 Å². The van der Waals surface area contributed by atoms with Crippen LogP contribution >= 0.6 is 0 Å². The zero-order chi connectivity index (χ0) is 26.4. The van der Waals surface area contributed by atoms with Gasteiger partial charge in [-0.2, -0.15) is 5.10 Å². The molecule has 0 atom stereocenters. The lowest BCUT2D eigenvalue weighted by atomic mass is 10.1. The molecule has 1 amide bonds. The summed E-state index contributed by atoms with van der Waals surface area (Å²) in [6.45, 7) is 6.59. The molecule has 0 aliphatic carbocycles. The van der Waals surface area contributed by atoms with Gasteiger partial charge in [-0.1, -0.05) is 49.4 Å². The Morgan fingerprint density at radius 2 is 1.70 bits per heavy atom. The number of nitrogens with one attached hydrogen (secondary N) is 1. The second kappa shape index (κ2) is 11.6. The van der Waals surface area contributed by atoms with Crippen molar-refractivity contribution in [1.82, 2.24) is 9.78 Å². The summed E-state index contributed by atoms with van der Waals surface area (Å²) in [5, 5.41) is 7.61. The molecule has 1 heterocycles. The fraction of sp³-hybridized carbons (Fsp3) is 0.233. The van der Waals surface area contributed by atoms with E-state index in [0.29, 0.717) is 35.7 Å². The van der Waals surface area contributed by atoms with Crippen LogP contribution in [0.2, 0.25) is 0 Å². The lowest BCUT2D eigenvalue weighted by Gasteiger charge is -2.11. The van der Waals surface area contributed by atoms with Gasteiger partial charge in [0, 0.05) is 5.56 Å². The molecule has 0 unspecified atom stereocenters. The van der Waals surface area contributed by atoms with Gasteiger partial charge in [0.25, 0.3) is 5.91 Å². The number of benzene rings is 3. The minimum atomic E-state index is -0.396. The van der Waals surface area contributed by atoms with Gasteiger partial charge < -0.3 is 14.8 Å². The molecule has 0 fully saturated rings. The van der Waals surface area contributed by atoms with Crippen molar-refractivity contribution in [3.05, 3.63) is 112 Å². The maximum Gasteiger partial charge on any atom is 0.338 e. The highest BCUT2D eigenvalue weighted by Gasteiger charge is 2.18. The van der Waals surface area contributed by atoms with Crippen molar-refractivity contribution in [2.45, 2.75) is 40.3 Å². The maximum absolute atomic E-state index is 13.1. The summed E-state index contributed by atoms with van der Waals surface area (Å²) >= 11 is 0. The first-order valence-electron chi connectivity index (χ1n) is 12.2. The molecule has 4 rings (SSSR count). The number of hydrogen-bond acceptors (Lipinski definition) is 5. The molecule has 1 aromatic heterocycles. The first kappa shape index (κ1) is 25.7. The van der Waals surface area contributed by atoms with E-state index in [1.807, 2.05) is 56.3 Å². The minimum absolute atomic E-state index is 0.227. The Morgan fingerprint density at radius 1 is 0.946 bits per heavy atom. The molecule has 4 aromatic rings. The van der Waals surface area contributed by atoms with Crippen LogP contribution in [-0.4, -0.2) is 28.8 Å². The van der Waals surface area contributed by atoms with Crippen molar-refractivity contribution in [3.8, 4) is 5.75 Å². The summed E-state index contributed by atoms with van der Waals surface area (Å²) in [5.74, 6) is 0.168. The number of carbonyl (C=O) groups excluding carboxylic acids is 2. The largest absolute Gasteiger partial charge is 0.489 e. The van der Waals surface area contributed by atoms with E-state index >= 15 is 0 Å². The van der Waals surface area contributed by atoms with E-state index in [1.54, 1.807) is 22.9 Å². The van der Waals surface area contributed by atoms with Gasteiger partial charge >= 0.3 is 5.97 Å².